The van der Waals surface area contributed by atoms with Gasteiger partial charge < -0.3 is 15.1 Å². The van der Waals surface area contributed by atoms with Crippen molar-refractivity contribution in [2.75, 3.05) is 20.1 Å². The van der Waals surface area contributed by atoms with Crippen LogP contribution in [0.2, 0.25) is 0 Å². The quantitative estimate of drug-likeness (QED) is 0.744. The summed E-state index contributed by atoms with van der Waals surface area (Å²) in [6.45, 7) is 2.21. The number of hydrogen-bond acceptors (Lipinski definition) is 3. The van der Waals surface area contributed by atoms with Crippen LogP contribution in [0.15, 0.2) is 60.7 Å². The molecule has 5 heteroatoms. The van der Waals surface area contributed by atoms with Crippen molar-refractivity contribution in [3.63, 3.8) is 0 Å². The summed E-state index contributed by atoms with van der Waals surface area (Å²) in [6, 6.07) is 19.6. The van der Waals surface area contributed by atoms with Gasteiger partial charge in [0.05, 0.1) is 0 Å². The van der Waals surface area contributed by atoms with E-state index >= 15 is 0 Å². The Hall–Kier alpha value is -2.66. The molecule has 1 saturated carbocycles. The molecule has 5 nitrogen and oxygen atoms in total. The summed E-state index contributed by atoms with van der Waals surface area (Å²) in [5, 5.41) is 3.11. The van der Waals surface area contributed by atoms with E-state index < -0.39 is 0 Å². The Balaban J connectivity index is 1.37. The van der Waals surface area contributed by atoms with Gasteiger partial charge in [0.15, 0.2) is 0 Å². The van der Waals surface area contributed by atoms with Gasteiger partial charge in [-0.3, -0.25) is 9.59 Å². The minimum atomic E-state index is -0.361. The molecule has 0 bridgehead atoms. The third-order valence-electron chi connectivity index (χ3n) is 6.73. The molecule has 2 fully saturated rings. The van der Waals surface area contributed by atoms with Crippen LogP contribution < -0.4 is 5.32 Å². The van der Waals surface area contributed by atoms with Gasteiger partial charge in [-0.2, -0.15) is 0 Å². The van der Waals surface area contributed by atoms with Gasteiger partial charge in [-0.1, -0.05) is 61.4 Å². The molecule has 3 atom stereocenters. The molecule has 2 amide bonds. The van der Waals surface area contributed by atoms with Crippen molar-refractivity contribution in [1.82, 2.24) is 15.1 Å². The molecule has 1 heterocycles. The molecule has 1 aliphatic heterocycles. The normalized spacial score (nSPS) is 22.9. The van der Waals surface area contributed by atoms with Gasteiger partial charge in [-0.15, -0.1) is 0 Å². The van der Waals surface area contributed by atoms with Gasteiger partial charge in [-0.25, -0.2) is 0 Å². The highest BCUT2D eigenvalue weighted by atomic mass is 16.2. The number of likely N-dealkylation sites (N-methyl/N-ethyl adjacent to an activating group) is 1. The van der Waals surface area contributed by atoms with Crippen LogP contribution in [-0.2, 0) is 11.3 Å². The summed E-state index contributed by atoms with van der Waals surface area (Å²) in [5.74, 6) is 0.432. The summed E-state index contributed by atoms with van der Waals surface area (Å²) in [5.41, 5.74) is 1.94. The van der Waals surface area contributed by atoms with Gasteiger partial charge in [0, 0.05) is 31.2 Å². The predicted molar refractivity (Wildman–Crippen MR) is 123 cm³/mol. The zero-order chi connectivity index (χ0) is 21.6. The number of carbonyl (C=O) groups excluding carboxylic acids is 2. The standard InChI is InChI=1S/C26H33N3O2/c1-28(19-20-10-4-2-5-11-20)17-16-27-25(30)24-18-22-14-8-9-15-23(22)29(24)26(31)21-12-6-3-7-13-21/h2-7,10-13,22-24H,8-9,14-19H2,1H3,(H,27,30). The highest BCUT2D eigenvalue weighted by Gasteiger charge is 2.47. The van der Waals surface area contributed by atoms with Gasteiger partial charge in [-0.05, 0) is 49.9 Å². The largest absolute Gasteiger partial charge is 0.353 e. The fraction of sp³-hybridized carbons (Fsp3) is 0.462. The number of benzene rings is 2. The molecule has 4 rings (SSSR count). The third kappa shape index (κ3) is 5.16. The predicted octanol–water partition coefficient (Wildman–Crippen LogP) is 3.71. The first-order valence-corrected chi connectivity index (χ1v) is 11.5. The van der Waals surface area contributed by atoms with Crippen LogP contribution in [0, 0.1) is 5.92 Å². The lowest BCUT2D eigenvalue weighted by Gasteiger charge is -2.33. The second-order valence-electron chi connectivity index (χ2n) is 8.96. The summed E-state index contributed by atoms with van der Waals surface area (Å²) >= 11 is 0. The first kappa shape index (κ1) is 21.6. The fourth-order valence-electron chi connectivity index (χ4n) is 5.18. The van der Waals surface area contributed by atoms with Crippen molar-refractivity contribution < 1.29 is 9.59 Å². The number of carbonyl (C=O) groups is 2. The van der Waals surface area contributed by atoms with Crippen molar-refractivity contribution in [3.05, 3.63) is 71.8 Å². The average molecular weight is 420 g/mol. The molecule has 1 aliphatic carbocycles. The molecule has 2 aromatic carbocycles. The van der Waals surface area contributed by atoms with E-state index in [1.54, 1.807) is 0 Å². The van der Waals surface area contributed by atoms with Crippen molar-refractivity contribution in [3.8, 4) is 0 Å². The molecule has 2 aliphatic rings. The topological polar surface area (TPSA) is 52.7 Å². The van der Waals surface area contributed by atoms with E-state index in [-0.39, 0.29) is 23.9 Å². The Bertz CT molecular complexity index is 871. The zero-order valence-corrected chi connectivity index (χ0v) is 18.4. The van der Waals surface area contributed by atoms with Crippen molar-refractivity contribution >= 4 is 11.8 Å². The molecule has 1 saturated heterocycles. The third-order valence-corrected chi connectivity index (χ3v) is 6.73. The van der Waals surface area contributed by atoms with Crippen LogP contribution in [-0.4, -0.2) is 53.8 Å². The van der Waals surface area contributed by atoms with E-state index in [2.05, 4.69) is 29.4 Å². The highest BCUT2D eigenvalue weighted by Crippen LogP contribution is 2.40. The number of fused-ring (bicyclic) bond motifs is 1. The monoisotopic (exact) mass is 419 g/mol. The van der Waals surface area contributed by atoms with Crippen LogP contribution in [0.3, 0.4) is 0 Å². The number of amides is 2. The van der Waals surface area contributed by atoms with Gasteiger partial charge in [0.25, 0.3) is 5.91 Å². The Morgan fingerprint density at radius 1 is 1.00 bits per heavy atom. The Morgan fingerprint density at radius 3 is 2.42 bits per heavy atom. The van der Waals surface area contributed by atoms with E-state index in [0.29, 0.717) is 18.0 Å². The zero-order valence-electron chi connectivity index (χ0n) is 18.4. The Morgan fingerprint density at radius 2 is 1.68 bits per heavy atom. The smallest absolute Gasteiger partial charge is 0.254 e. The van der Waals surface area contributed by atoms with Gasteiger partial charge >= 0.3 is 0 Å². The van der Waals surface area contributed by atoms with Crippen molar-refractivity contribution in [2.24, 2.45) is 5.92 Å². The van der Waals surface area contributed by atoms with E-state index in [1.807, 2.05) is 53.4 Å². The Kier molecular flexibility index (Phi) is 7.03. The molecule has 0 aromatic heterocycles. The number of nitrogens with one attached hydrogen (secondary N) is 1. The SMILES string of the molecule is CN(CCNC(=O)C1CC2CCCCC2N1C(=O)c1ccccc1)Cc1ccccc1. The molecular formula is C26H33N3O2. The van der Waals surface area contributed by atoms with Crippen LogP contribution in [0.25, 0.3) is 0 Å². The molecule has 2 aromatic rings. The van der Waals surface area contributed by atoms with Gasteiger partial charge in [0.2, 0.25) is 5.91 Å². The molecule has 0 spiro atoms. The van der Waals surface area contributed by atoms with Gasteiger partial charge in [0.1, 0.15) is 6.04 Å². The van der Waals surface area contributed by atoms with Crippen LogP contribution >= 0.6 is 0 Å². The highest BCUT2D eigenvalue weighted by molar-refractivity contribution is 5.98. The second-order valence-corrected chi connectivity index (χ2v) is 8.96. The minimum absolute atomic E-state index is 0.00338. The van der Waals surface area contributed by atoms with E-state index in [4.69, 9.17) is 0 Å². The molecule has 0 radical (unpaired) electrons. The fourth-order valence-corrected chi connectivity index (χ4v) is 5.18. The van der Waals surface area contributed by atoms with Crippen LogP contribution in [0.1, 0.15) is 48.0 Å². The lowest BCUT2D eigenvalue weighted by atomic mass is 9.84. The van der Waals surface area contributed by atoms with Crippen molar-refractivity contribution in [1.29, 1.82) is 0 Å². The van der Waals surface area contributed by atoms with E-state index in [0.717, 1.165) is 38.8 Å². The molecule has 31 heavy (non-hydrogen) atoms. The lowest BCUT2D eigenvalue weighted by molar-refractivity contribution is -0.125. The second kappa shape index (κ2) is 10.1. The maximum absolute atomic E-state index is 13.3. The minimum Gasteiger partial charge on any atom is -0.353 e. The summed E-state index contributed by atoms with van der Waals surface area (Å²) in [7, 11) is 2.06. The summed E-state index contributed by atoms with van der Waals surface area (Å²) < 4.78 is 0. The van der Waals surface area contributed by atoms with Crippen molar-refractivity contribution in [2.45, 2.75) is 50.7 Å². The maximum Gasteiger partial charge on any atom is 0.254 e. The van der Waals surface area contributed by atoms with Crippen LogP contribution in [0.4, 0.5) is 0 Å². The average Bonchev–Trinajstić information content (AvgIpc) is 3.19. The molecule has 1 N–H and O–H groups in total. The summed E-state index contributed by atoms with van der Waals surface area (Å²) in [6.07, 6.45) is 5.25. The maximum atomic E-state index is 13.3. The molecule has 164 valence electrons. The van der Waals surface area contributed by atoms with E-state index in [9.17, 15) is 9.59 Å². The number of likely N-dealkylation sites (tertiary alicyclic amines) is 1. The summed E-state index contributed by atoms with van der Waals surface area (Å²) in [4.78, 5) is 30.6. The van der Waals surface area contributed by atoms with Crippen LogP contribution in [0.5, 0.6) is 0 Å². The molecule has 3 unspecified atom stereocenters. The number of nitrogens with zero attached hydrogens (tertiary/aromatic N) is 2. The molecular weight excluding hydrogens is 386 g/mol. The Labute approximate surface area is 185 Å². The first-order chi connectivity index (χ1) is 15.1. The number of rotatable bonds is 7. The number of hydrogen-bond donors (Lipinski definition) is 1. The first-order valence-electron chi connectivity index (χ1n) is 11.5. The van der Waals surface area contributed by atoms with E-state index in [1.165, 1.54) is 12.0 Å². The lowest BCUT2D eigenvalue weighted by Crippen LogP contribution is -2.50.